The van der Waals surface area contributed by atoms with Crippen molar-refractivity contribution >= 4 is 40.1 Å². The second kappa shape index (κ2) is 7.52. The number of carbonyl (C=O) groups is 1. The van der Waals surface area contributed by atoms with E-state index in [4.69, 9.17) is 32.4 Å². The molecule has 0 N–H and O–H groups in total. The van der Waals surface area contributed by atoms with Gasteiger partial charge in [0.25, 0.3) is 0 Å². The molecular weight excluding hydrogens is 375 g/mol. The number of ether oxygens (including phenoxy) is 1. The average Bonchev–Trinajstić information content (AvgIpc) is 2.58. The number of hydrogen-bond acceptors (Lipinski definition) is 4. The fraction of sp³-hybridized carbons (Fsp3) is 0.200. The van der Waals surface area contributed by atoms with E-state index in [1.54, 1.807) is 24.3 Å². The first-order valence-electron chi connectivity index (χ1n) is 7.97. The molecule has 3 aromatic rings. The molecule has 1 aromatic heterocycles. The summed E-state index contributed by atoms with van der Waals surface area (Å²) in [7, 11) is 0. The lowest BCUT2D eigenvalue weighted by molar-refractivity contribution is -0.144. The van der Waals surface area contributed by atoms with E-state index >= 15 is 0 Å². The molecule has 0 aliphatic carbocycles. The van der Waals surface area contributed by atoms with Gasteiger partial charge < -0.3 is 9.15 Å². The zero-order valence-corrected chi connectivity index (χ0v) is 15.8. The summed E-state index contributed by atoms with van der Waals surface area (Å²) in [4.78, 5) is 24.0. The number of benzene rings is 2. The topological polar surface area (TPSA) is 56.5 Å². The third-order valence-electron chi connectivity index (χ3n) is 4.22. The van der Waals surface area contributed by atoms with Crippen LogP contribution in [0.5, 0.6) is 0 Å². The van der Waals surface area contributed by atoms with E-state index in [1.807, 2.05) is 19.9 Å². The van der Waals surface area contributed by atoms with Crippen molar-refractivity contribution in [1.82, 2.24) is 0 Å². The molecule has 26 heavy (non-hydrogen) atoms. The van der Waals surface area contributed by atoms with Gasteiger partial charge in [-0.15, -0.1) is 0 Å². The van der Waals surface area contributed by atoms with Gasteiger partial charge in [-0.05, 0) is 49.2 Å². The quantitative estimate of drug-likeness (QED) is 0.464. The van der Waals surface area contributed by atoms with E-state index < -0.39 is 11.6 Å². The van der Waals surface area contributed by atoms with Crippen LogP contribution in [0.15, 0.2) is 45.6 Å². The average molecular weight is 391 g/mol. The minimum Gasteiger partial charge on any atom is -0.461 e. The van der Waals surface area contributed by atoms with Gasteiger partial charge >= 0.3 is 11.6 Å². The third kappa shape index (κ3) is 3.92. The zero-order chi connectivity index (χ0) is 18.8. The molecule has 0 amide bonds. The van der Waals surface area contributed by atoms with Gasteiger partial charge in [0.2, 0.25) is 0 Å². The minimum absolute atomic E-state index is 0.0362. The van der Waals surface area contributed by atoms with Crippen LogP contribution < -0.4 is 5.63 Å². The van der Waals surface area contributed by atoms with E-state index in [-0.39, 0.29) is 13.0 Å². The van der Waals surface area contributed by atoms with Crippen LogP contribution in [0.1, 0.15) is 22.3 Å². The Bertz CT molecular complexity index is 1030. The number of hydrogen-bond donors (Lipinski definition) is 0. The Hall–Kier alpha value is -2.30. The SMILES string of the molecule is Cc1cc2oc(=O)cc(COC(=O)Cc3c(Cl)cccc3Cl)c2cc1C. The summed E-state index contributed by atoms with van der Waals surface area (Å²) >= 11 is 12.2. The van der Waals surface area contributed by atoms with Gasteiger partial charge in [0.1, 0.15) is 12.2 Å². The summed E-state index contributed by atoms with van der Waals surface area (Å²) in [6.07, 6.45) is -0.0456. The fourth-order valence-corrected chi connectivity index (χ4v) is 3.19. The predicted octanol–water partition coefficient (Wildman–Crippen LogP) is 5.00. The lowest BCUT2D eigenvalue weighted by Crippen LogP contribution is -2.10. The molecule has 0 aliphatic rings. The first-order valence-corrected chi connectivity index (χ1v) is 8.73. The van der Waals surface area contributed by atoms with Gasteiger partial charge in [-0.3, -0.25) is 4.79 Å². The molecule has 0 radical (unpaired) electrons. The van der Waals surface area contributed by atoms with Gasteiger partial charge in [0, 0.05) is 32.6 Å². The smallest absolute Gasteiger partial charge is 0.336 e. The van der Waals surface area contributed by atoms with Crippen LogP contribution in [0.2, 0.25) is 10.0 Å². The van der Waals surface area contributed by atoms with Crippen molar-refractivity contribution in [2.75, 3.05) is 0 Å². The van der Waals surface area contributed by atoms with Crippen molar-refractivity contribution in [3.8, 4) is 0 Å². The van der Waals surface area contributed by atoms with E-state index in [0.717, 1.165) is 16.5 Å². The summed E-state index contributed by atoms with van der Waals surface area (Å²) in [5.41, 5.74) is 3.18. The largest absolute Gasteiger partial charge is 0.461 e. The summed E-state index contributed by atoms with van der Waals surface area (Å²) < 4.78 is 10.6. The van der Waals surface area contributed by atoms with Crippen LogP contribution >= 0.6 is 23.2 Å². The molecule has 2 aromatic carbocycles. The van der Waals surface area contributed by atoms with Crippen molar-refractivity contribution in [3.05, 3.63) is 79.1 Å². The minimum atomic E-state index is -0.485. The monoisotopic (exact) mass is 390 g/mol. The Labute approximate surface area is 160 Å². The summed E-state index contributed by atoms with van der Waals surface area (Å²) in [6, 6.07) is 10.1. The lowest BCUT2D eigenvalue weighted by Gasteiger charge is -2.10. The maximum atomic E-state index is 12.2. The summed E-state index contributed by atoms with van der Waals surface area (Å²) in [6.45, 7) is 3.87. The standard InChI is InChI=1S/C20H16Cl2O4/c1-11-6-14-13(8-20(24)26-18(14)7-12(11)2)10-25-19(23)9-15-16(21)4-3-5-17(15)22/h3-8H,9-10H2,1-2H3. The van der Waals surface area contributed by atoms with Crippen LogP contribution in [-0.2, 0) is 22.6 Å². The molecule has 0 bridgehead atoms. The molecule has 134 valence electrons. The van der Waals surface area contributed by atoms with Crippen molar-refractivity contribution in [3.63, 3.8) is 0 Å². The van der Waals surface area contributed by atoms with Crippen molar-refractivity contribution < 1.29 is 13.9 Å². The molecule has 6 heteroatoms. The highest BCUT2D eigenvalue weighted by Crippen LogP contribution is 2.26. The molecule has 3 rings (SSSR count). The Kier molecular flexibility index (Phi) is 5.35. The molecule has 4 nitrogen and oxygen atoms in total. The number of halogens is 2. The van der Waals surface area contributed by atoms with Crippen LogP contribution in [0.3, 0.4) is 0 Å². The van der Waals surface area contributed by atoms with E-state index in [2.05, 4.69) is 0 Å². The molecule has 0 saturated carbocycles. The Morgan fingerprint density at radius 3 is 2.42 bits per heavy atom. The molecule has 0 fully saturated rings. The molecule has 0 unspecified atom stereocenters. The fourth-order valence-electron chi connectivity index (χ4n) is 2.66. The zero-order valence-electron chi connectivity index (χ0n) is 14.3. The Morgan fingerprint density at radius 1 is 1.08 bits per heavy atom. The lowest BCUT2D eigenvalue weighted by atomic mass is 10.0. The van der Waals surface area contributed by atoms with E-state index in [9.17, 15) is 9.59 Å². The Balaban J connectivity index is 1.82. The maximum absolute atomic E-state index is 12.2. The normalized spacial score (nSPS) is 10.9. The Morgan fingerprint density at radius 2 is 1.73 bits per heavy atom. The molecular formula is C20H16Cl2O4. The highest BCUT2D eigenvalue weighted by molar-refractivity contribution is 6.36. The molecule has 0 aliphatic heterocycles. The van der Waals surface area contributed by atoms with Crippen LogP contribution in [-0.4, -0.2) is 5.97 Å². The van der Waals surface area contributed by atoms with Gasteiger partial charge in [-0.25, -0.2) is 4.79 Å². The highest BCUT2D eigenvalue weighted by atomic mass is 35.5. The number of esters is 1. The van der Waals surface area contributed by atoms with Crippen molar-refractivity contribution in [2.45, 2.75) is 26.9 Å². The van der Waals surface area contributed by atoms with Crippen LogP contribution in [0.4, 0.5) is 0 Å². The number of rotatable bonds is 4. The van der Waals surface area contributed by atoms with Gasteiger partial charge in [-0.2, -0.15) is 0 Å². The first kappa shape index (κ1) is 18.5. The molecule has 0 saturated heterocycles. The molecule has 0 spiro atoms. The predicted molar refractivity (Wildman–Crippen MR) is 102 cm³/mol. The van der Waals surface area contributed by atoms with Crippen molar-refractivity contribution in [2.24, 2.45) is 0 Å². The van der Waals surface area contributed by atoms with Gasteiger partial charge in [0.05, 0.1) is 6.42 Å². The van der Waals surface area contributed by atoms with E-state index in [0.29, 0.717) is 26.8 Å². The molecule has 0 atom stereocenters. The number of aryl methyl sites for hydroxylation is 2. The van der Waals surface area contributed by atoms with Gasteiger partial charge in [0.15, 0.2) is 0 Å². The van der Waals surface area contributed by atoms with Crippen LogP contribution in [0.25, 0.3) is 11.0 Å². The van der Waals surface area contributed by atoms with Crippen LogP contribution in [0, 0.1) is 13.8 Å². The number of carbonyl (C=O) groups excluding carboxylic acids is 1. The molecule has 1 heterocycles. The summed E-state index contributed by atoms with van der Waals surface area (Å²) in [5.74, 6) is -0.481. The second-order valence-corrected chi connectivity index (χ2v) is 6.88. The number of fused-ring (bicyclic) bond motifs is 1. The van der Waals surface area contributed by atoms with E-state index in [1.165, 1.54) is 6.07 Å². The van der Waals surface area contributed by atoms with Gasteiger partial charge in [-0.1, -0.05) is 29.3 Å². The third-order valence-corrected chi connectivity index (χ3v) is 4.92. The van der Waals surface area contributed by atoms with Crippen molar-refractivity contribution in [1.29, 1.82) is 0 Å². The summed E-state index contributed by atoms with van der Waals surface area (Å²) in [5, 5.41) is 1.56. The maximum Gasteiger partial charge on any atom is 0.336 e. The second-order valence-electron chi connectivity index (χ2n) is 6.06. The first-order chi connectivity index (χ1) is 12.3. The highest BCUT2D eigenvalue weighted by Gasteiger charge is 2.14.